The van der Waals surface area contributed by atoms with Crippen LogP contribution in [-0.2, 0) is 6.42 Å². The summed E-state index contributed by atoms with van der Waals surface area (Å²) in [6.07, 6.45) is 10.3. The lowest BCUT2D eigenvalue weighted by Gasteiger charge is -2.45. The lowest BCUT2D eigenvalue weighted by atomic mass is 9.64. The zero-order valence-corrected chi connectivity index (χ0v) is 14.2. The molecule has 118 valence electrons. The third kappa shape index (κ3) is 4.54. The number of nitrogens with zero attached hydrogens (tertiary/aromatic N) is 1. The van der Waals surface area contributed by atoms with E-state index >= 15 is 0 Å². The minimum Gasteiger partial charge on any atom is -0.314 e. The Morgan fingerprint density at radius 3 is 2.81 bits per heavy atom. The van der Waals surface area contributed by atoms with Gasteiger partial charge in [-0.25, -0.2) is 0 Å². The molecule has 1 N–H and O–H groups in total. The molecule has 1 aromatic rings. The van der Waals surface area contributed by atoms with E-state index in [1.54, 1.807) is 0 Å². The zero-order chi connectivity index (χ0) is 15.3. The summed E-state index contributed by atoms with van der Waals surface area (Å²) in [6, 6.07) is 4.95. The predicted molar refractivity (Wildman–Crippen MR) is 90.3 cm³/mol. The highest BCUT2D eigenvalue weighted by Gasteiger charge is 2.38. The molecule has 0 saturated heterocycles. The van der Waals surface area contributed by atoms with E-state index in [0.29, 0.717) is 11.5 Å². The molecule has 0 amide bonds. The average molecular weight is 288 g/mol. The molecular weight excluding hydrogens is 256 g/mol. The zero-order valence-electron chi connectivity index (χ0n) is 14.2. The molecule has 0 bridgehead atoms. The van der Waals surface area contributed by atoms with Gasteiger partial charge in [0, 0.05) is 18.4 Å². The molecule has 0 aromatic carbocycles. The highest BCUT2D eigenvalue weighted by molar-refractivity contribution is 5.11. The number of aromatic nitrogens is 1. The first-order valence-corrected chi connectivity index (χ1v) is 8.65. The molecule has 1 heterocycles. The van der Waals surface area contributed by atoms with Crippen LogP contribution < -0.4 is 5.32 Å². The average Bonchev–Trinajstić information content (AvgIpc) is 2.45. The minimum atomic E-state index is 0.328. The van der Waals surface area contributed by atoms with Crippen molar-refractivity contribution in [3.05, 3.63) is 30.1 Å². The number of rotatable bonds is 6. The van der Waals surface area contributed by atoms with Crippen LogP contribution >= 0.6 is 0 Å². The van der Waals surface area contributed by atoms with E-state index in [-0.39, 0.29) is 0 Å². The van der Waals surface area contributed by atoms with Crippen molar-refractivity contribution in [3.8, 4) is 0 Å². The van der Waals surface area contributed by atoms with Gasteiger partial charge in [-0.05, 0) is 61.1 Å². The van der Waals surface area contributed by atoms with Gasteiger partial charge in [0.15, 0.2) is 0 Å². The molecule has 21 heavy (non-hydrogen) atoms. The van der Waals surface area contributed by atoms with Gasteiger partial charge in [0.05, 0.1) is 0 Å². The topological polar surface area (TPSA) is 24.9 Å². The largest absolute Gasteiger partial charge is 0.314 e. The molecule has 0 aliphatic heterocycles. The van der Waals surface area contributed by atoms with Crippen LogP contribution in [0.2, 0.25) is 0 Å². The molecule has 1 aliphatic rings. The fourth-order valence-corrected chi connectivity index (χ4v) is 4.03. The van der Waals surface area contributed by atoms with Crippen LogP contribution in [0.15, 0.2) is 24.5 Å². The van der Waals surface area contributed by atoms with Gasteiger partial charge in [0.1, 0.15) is 0 Å². The Labute approximate surface area is 130 Å². The summed E-state index contributed by atoms with van der Waals surface area (Å²) in [6.45, 7) is 10.7. The third-order valence-corrected chi connectivity index (χ3v) is 5.16. The number of hydrogen-bond acceptors (Lipinski definition) is 2. The highest BCUT2D eigenvalue weighted by atomic mass is 14.9. The molecule has 1 saturated carbocycles. The Hall–Kier alpha value is -0.890. The Morgan fingerprint density at radius 1 is 1.33 bits per heavy atom. The summed E-state index contributed by atoms with van der Waals surface area (Å²) in [5.74, 6) is 1.63. The maximum absolute atomic E-state index is 4.28. The van der Waals surface area contributed by atoms with E-state index < -0.39 is 0 Å². The van der Waals surface area contributed by atoms with Crippen molar-refractivity contribution in [2.75, 3.05) is 6.54 Å². The molecule has 1 aliphatic carbocycles. The van der Waals surface area contributed by atoms with Crippen LogP contribution in [0.3, 0.4) is 0 Å². The molecule has 1 aromatic heterocycles. The Bertz CT molecular complexity index is 413. The molecule has 2 nitrogen and oxygen atoms in total. The van der Waals surface area contributed by atoms with E-state index in [4.69, 9.17) is 0 Å². The number of nitrogens with one attached hydrogen (secondary N) is 1. The first-order chi connectivity index (χ1) is 10.0. The van der Waals surface area contributed by atoms with E-state index in [2.05, 4.69) is 50.1 Å². The normalized spacial score (nSPS) is 26.8. The molecule has 1 fully saturated rings. The molecule has 3 atom stereocenters. The fraction of sp³-hybridized carbons (Fsp3) is 0.737. The smallest absolute Gasteiger partial charge is 0.0300 e. The maximum atomic E-state index is 4.28. The second-order valence-electron chi connectivity index (χ2n) is 7.61. The van der Waals surface area contributed by atoms with Crippen molar-refractivity contribution in [3.63, 3.8) is 0 Å². The van der Waals surface area contributed by atoms with Crippen LogP contribution in [0.4, 0.5) is 0 Å². The Balaban J connectivity index is 2.07. The van der Waals surface area contributed by atoms with Crippen LogP contribution in [0, 0.1) is 17.3 Å². The molecule has 0 radical (unpaired) electrons. The lowest BCUT2D eigenvalue weighted by molar-refractivity contribution is 0.0940. The maximum Gasteiger partial charge on any atom is 0.0300 e. The molecule has 2 heteroatoms. The van der Waals surface area contributed by atoms with Crippen molar-refractivity contribution in [1.29, 1.82) is 0 Å². The fourth-order valence-electron chi connectivity index (χ4n) is 4.03. The van der Waals surface area contributed by atoms with Crippen LogP contribution in [0.25, 0.3) is 0 Å². The van der Waals surface area contributed by atoms with Crippen LogP contribution in [0.5, 0.6) is 0 Å². The van der Waals surface area contributed by atoms with Gasteiger partial charge in [0.25, 0.3) is 0 Å². The number of pyridine rings is 1. The number of hydrogen-bond donors (Lipinski definition) is 1. The van der Waals surface area contributed by atoms with Gasteiger partial charge in [-0.2, -0.15) is 0 Å². The van der Waals surface area contributed by atoms with Gasteiger partial charge in [-0.15, -0.1) is 0 Å². The molecule has 2 rings (SSSR count). The summed E-state index contributed by atoms with van der Waals surface area (Å²) in [5.41, 5.74) is 1.70. The van der Waals surface area contributed by atoms with Crippen molar-refractivity contribution >= 4 is 0 Å². The summed E-state index contributed by atoms with van der Waals surface area (Å²) < 4.78 is 0. The summed E-state index contributed by atoms with van der Waals surface area (Å²) in [7, 11) is 0. The quantitative estimate of drug-likeness (QED) is 0.836. The van der Waals surface area contributed by atoms with E-state index in [9.17, 15) is 0 Å². The molecular formula is C19H32N2. The third-order valence-electron chi connectivity index (χ3n) is 5.16. The first kappa shape index (κ1) is 16.5. The van der Waals surface area contributed by atoms with Crippen molar-refractivity contribution in [2.24, 2.45) is 17.3 Å². The minimum absolute atomic E-state index is 0.328. The van der Waals surface area contributed by atoms with Gasteiger partial charge < -0.3 is 5.32 Å². The SMILES string of the molecule is CCCNC1CC(C)CCC1C(C)(C)Cc1cccnc1. The predicted octanol–water partition coefficient (Wildman–Crippen LogP) is 4.45. The van der Waals surface area contributed by atoms with Crippen molar-refractivity contribution in [2.45, 2.75) is 65.8 Å². The van der Waals surface area contributed by atoms with Crippen LogP contribution in [-0.4, -0.2) is 17.6 Å². The molecule has 0 spiro atoms. The monoisotopic (exact) mass is 288 g/mol. The van der Waals surface area contributed by atoms with Gasteiger partial charge in [0.2, 0.25) is 0 Å². The van der Waals surface area contributed by atoms with Crippen LogP contribution in [0.1, 0.15) is 58.9 Å². The summed E-state index contributed by atoms with van der Waals surface area (Å²) in [5, 5.41) is 3.83. The Kier molecular flexibility index (Phi) is 5.80. The van der Waals surface area contributed by atoms with Crippen molar-refractivity contribution in [1.82, 2.24) is 10.3 Å². The lowest BCUT2D eigenvalue weighted by Crippen LogP contribution is -2.47. The standard InChI is InChI=1S/C19H32N2/c1-5-10-21-18-12-15(2)8-9-17(18)19(3,4)13-16-7-6-11-20-14-16/h6-7,11,14-15,17-18,21H,5,8-10,12-13H2,1-4H3. The summed E-state index contributed by atoms with van der Waals surface area (Å²) in [4.78, 5) is 4.28. The van der Waals surface area contributed by atoms with Gasteiger partial charge in [-0.3, -0.25) is 4.98 Å². The highest BCUT2D eigenvalue weighted by Crippen LogP contribution is 2.42. The molecule has 3 unspecified atom stereocenters. The first-order valence-electron chi connectivity index (χ1n) is 8.65. The van der Waals surface area contributed by atoms with Gasteiger partial charge in [-0.1, -0.05) is 40.2 Å². The Morgan fingerprint density at radius 2 is 2.14 bits per heavy atom. The van der Waals surface area contributed by atoms with Crippen molar-refractivity contribution < 1.29 is 0 Å². The van der Waals surface area contributed by atoms with E-state index in [1.807, 2.05) is 12.4 Å². The second-order valence-corrected chi connectivity index (χ2v) is 7.61. The van der Waals surface area contributed by atoms with E-state index in [0.717, 1.165) is 24.8 Å². The second kappa shape index (κ2) is 7.40. The summed E-state index contributed by atoms with van der Waals surface area (Å²) >= 11 is 0. The van der Waals surface area contributed by atoms with Gasteiger partial charge >= 0.3 is 0 Å². The van der Waals surface area contributed by atoms with E-state index in [1.165, 1.54) is 31.2 Å².